The average molecular weight is 428 g/mol. The molecule has 1 amide bonds. The fourth-order valence-corrected chi connectivity index (χ4v) is 2.77. The van der Waals surface area contributed by atoms with Gasteiger partial charge in [-0.25, -0.2) is 9.67 Å². The molecule has 0 radical (unpaired) electrons. The van der Waals surface area contributed by atoms with Crippen LogP contribution in [0.1, 0.15) is 21.9 Å². The highest BCUT2D eigenvalue weighted by atomic mass is 35.5. The summed E-state index contributed by atoms with van der Waals surface area (Å²) in [7, 11) is 0. The van der Waals surface area contributed by atoms with Gasteiger partial charge in [-0.1, -0.05) is 23.7 Å². The maximum Gasteiger partial charge on any atom is 0.307 e. The molecule has 1 aromatic carbocycles. The third-order valence-corrected chi connectivity index (χ3v) is 4.31. The van der Waals surface area contributed by atoms with Gasteiger partial charge >= 0.3 is 5.69 Å². The standard InChI is InChI=1S/C18H14ClN7O4/c19-13-3-1-12(2-4-13)8-25-11-20-18(23-25)22-17(27)16-6-5-15(30-16)10-24-9-14(7-21-24)26(28)29/h1-7,9,11H,8,10H2,(H,22,23,27). The third kappa shape index (κ3) is 4.52. The van der Waals surface area contributed by atoms with Crippen molar-refractivity contribution < 1.29 is 14.1 Å². The van der Waals surface area contributed by atoms with E-state index in [9.17, 15) is 14.9 Å². The molecule has 30 heavy (non-hydrogen) atoms. The molecule has 0 aliphatic heterocycles. The van der Waals surface area contributed by atoms with Crippen LogP contribution in [0.15, 0.2) is 59.5 Å². The number of nitrogens with zero attached hydrogens (tertiary/aromatic N) is 6. The third-order valence-electron chi connectivity index (χ3n) is 4.05. The van der Waals surface area contributed by atoms with E-state index in [0.717, 1.165) is 11.8 Å². The van der Waals surface area contributed by atoms with E-state index >= 15 is 0 Å². The van der Waals surface area contributed by atoms with E-state index in [1.54, 1.807) is 22.9 Å². The number of carbonyl (C=O) groups is 1. The van der Waals surface area contributed by atoms with Crippen molar-refractivity contribution >= 4 is 29.1 Å². The maximum atomic E-state index is 12.4. The number of furan rings is 1. The van der Waals surface area contributed by atoms with E-state index in [-0.39, 0.29) is 23.9 Å². The normalized spacial score (nSPS) is 10.8. The molecule has 3 aromatic heterocycles. The van der Waals surface area contributed by atoms with Crippen LogP contribution in [0, 0.1) is 10.1 Å². The van der Waals surface area contributed by atoms with E-state index < -0.39 is 10.8 Å². The highest BCUT2D eigenvalue weighted by molar-refractivity contribution is 6.30. The Morgan fingerprint density at radius 3 is 2.70 bits per heavy atom. The lowest BCUT2D eigenvalue weighted by Gasteiger charge is -2.01. The molecular formula is C18H14ClN7O4. The number of anilines is 1. The molecule has 0 spiro atoms. The van der Waals surface area contributed by atoms with Crippen molar-refractivity contribution in [2.45, 2.75) is 13.1 Å². The first-order valence-electron chi connectivity index (χ1n) is 8.67. The minimum atomic E-state index is -0.538. The van der Waals surface area contributed by atoms with E-state index in [1.165, 1.54) is 23.3 Å². The van der Waals surface area contributed by atoms with E-state index in [2.05, 4.69) is 20.5 Å². The lowest BCUT2D eigenvalue weighted by atomic mass is 10.2. The number of hydrogen-bond acceptors (Lipinski definition) is 7. The van der Waals surface area contributed by atoms with Gasteiger partial charge in [0.15, 0.2) is 5.76 Å². The molecule has 0 atom stereocenters. The van der Waals surface area contributed by atoms with Crippen LogP contribution in [-0.2, 0) is 13.1 Å². The van der Waals surface area contributed by atoms with Crippen molar-refractivity contribution in [2.75, 3.05) is 5.32 Å². The van der Waals surface area contributed by atoms with Crippen LogP contribution >= 0.6 is 11.6 Å². The van der Waals surface area contributed by atoms with Gasteiger partial charge in [-0.2, -0.15) is 5.10 Å². The Balaban J connectivity index is 1.36. The molecule has 0 saturated heterocycles. The molecule has 12 heteroatoms. The van der Waals surface area contributed by atoms with Gasteiger partial charge in [-0.3, -0.25) is 24.9 Å². The molecule has 0 fully saturated rings. The van der Waals surface area contributed by atoms with Crippen LogP contribution in [0.3, 0.4) is 0 Å². The molecule has 0 saturated carbocycles. The van der Waals surface area contributed by atoms with Crippen LogP contribution in [-0.4, -0.2) is 35.4 Å². The smallest absolute Gasteiger partial charge is 0.307 e. The Labute approximate surface area is 174 Å². The highest BCUT2D eigenvalue weighted by Gasteiger charge is 2.15. The van der Waals surface area contributed by atoms with Crippen LogP contribution in [0.4, 0.5) is 11.6 Å². The van der Waals surface area contributed by atoms with Crippen molar-refractivity contribution in [3.63, 3.8) is 0 Å². The monoisotopic (exact) mass is 427 g/mol. The van der Waals surface area contributed by atoms with E-state index in [4.69, 9.17) is 16.0 Å². The Bertz CT molecular complexity index is 1200. The molecule has 152 valence electrons. The molecule has 3 heterocycles. The minimum absolute atomic E-state index is 0.0562. The lowest BCUT2D eigenvalue weighted by molar-refractivity contribution is -0.385. The number of hydrogen-bond donors (Lipinski definition) is 1. The van der Waals surface area contributed by atoms with Gasteiger partial charge in [0.05, 0.1) is 18.0 Å². The number of nitro groups is 1. The second kappa shape index (κ2) is 8.17. The number of amides is 1. The van der Waals surface area contributed by atoms with E-state index in [0.29, 0.717) is 17.3 Å². The quantitative estimate of drug-likeness (QED) is 0.354. The highest BCUT2D eigenvalue weighted by Crippen LogP contribution is 2.14. The summed E-state index contributed by atoms with van der Waals surface area (Å²) in [4.78, 5) is 26.6. The molecular weight excluding hydrogens is 414 g/mol. The zero-order chi connectivity index (χ0) is 21.1. The summed E-state index contributed by atoms with van der Waals surface area (Å²) < 4.78 is 8.41. The summed E-state index contributed by atoms with van der Waals surface area (Å²) in [5.41, 5.74) is 0.858. The first-order chi connectivity index (χ1) is 14.5. The number of carbonyl (C=O) groups excluding carboxylic acids is 1. The van der Waals surface area contributed by atoms with Crippen molar-refractivity contribution in [1.29, 1.82) is 0 Å². The second-order valence-corrected chi connectivity index (χ2v) is 6.70. The van der Waals surface area contributed by atoms with Gasteiger partial charge < -0.3 is 4.42 Å². The zero-order valence-electron chi connectivity index (χ0n) is 15.3. The summed E-state index contributed by atoms with van der Waals surface area (Å²) in [6.45, 7) is 0.621. The summed E-state index contributed by atoms with van der Waals surface area (Å²) in [5, 5.41) is 22.0. The Morgan fingerprint density at radius 1 is 1.17 bits per heavy atom. The number of rotatable bonds is 7. The predicted octanol–water partition coefficient (Wildman–Crippen LogP) is 2.98. The summed E-state index contributed by atoms with van der Waals surface area (Å²) in [6, 6.07) is 10.4. The summed E-state index contributed by atoms with van der Waals surface area (Å²) >= 11 is 5.87. The number of halogens is 1. The fraction of sp³-hybridized carbons (Fsp3) is 0.111. The molecule has 1 N–H and O–H groups in total. The van der Waals surface area contributed by atoms with Crippen molar-refractivity contribution in [3.05, 3.63) is 87.3 Å². The maximum absolute atomic E-state index is 12.4. The summed E-state index contributed by atoms with van der Waals surface area (Å²) in [5.74, 6) is 0.0895. The van der Waals surface area contributed by atoms with Crippen LogP contribution in [0.2, 0.25) is 5.02 Å². The number of aromatic nitrogens is 5. The Morgan fingerprint density at radius 2 is 1.97 bits per heavy atom. The van der Waals surface area contributed by atoms with Crippen molar-refractivity contribution in [1.82, 2.24) is 24.5 Å². The number of benzene rings is 1. The van der Waals surface area contributed by atoms with Gasteiger partial charge in [-0.15, -0.1) is 5.10 Å². The molecule has 0 bridgehead atoms. The minimum Gasteiger partial charge on any atom is -0.454 e. The van der Waals surface area contributed by atoms with Crippen LogP contribution in [0.25, 0.3) is 0 Å². The Kier molecular flexibility index (Phi) is 5.26. The summed E-state index contributed by atoms with van der Waals surface area (Å²) in [6.07, 6.45) is 3.92. The molecule has 0 aliphatic carbocycles. The Hall–Kier alpha value is -3.99. The SMILES string of the molecule is O=C(Nc1ncn(Cc2ccc(Cl)cc2)n1)c1ccc(Cn2cc([N+](=O)[O-])cn2)o1. The van der Waals surface area contributed by atoms with Crippen molar-refractivity contribution in [2.24, 2.45) is 0 Å². The zero-order valence-corrected chi connectivity index (χ0v) is 16.1. The van der Waals surface area contributed by atoms with Crippen molar-refractivity contribution in [3.8, 4) is 0 Å². The van der Waals surface area contributed by atoms with Crippen LogP contribution < -0.4 is 5.32 Å². The predicted molar refractivity (Wildman–Crippen MR) is 105 cm³/mol. The molecule has 4 rings (SSSR count). The van der Waals surface area contributed by atoms with Gasteiger partial charge in [-0.05, 0) is 29.8 Å². The number of nitrogens with one attached hydrogen (secondary N) is 1. The first-order valence-corrected chi connectivity index (χ1v) is 9.05. The molecule has 0 unspecified atom stereocenters. The lowest BCUT2D eigenvalue weighted by Crippen LogP contribution is -2.12. The largest absolute Gasteiger partial charge is 0.454 e. The topological polar surface area (TPSA) is 134 Å². The van der Waals surface area contributed by atoms with Crippen LogP contribution in [0.5, 0.6) is 0 Å². The molecule has 11 nitrogen and oxygen atoms in total. The molecule has 4 aromatic rings. The van der Waals surface area contributed by atoms with Gasteiger partial charge in [0.25, 0.3) is 5.91 Å². The van der Waals surface area contributed by atoms with Gasteiger partial charge in [0.1, 0.15) is 24.5 Å². The van der Waals surface area contributed by atoms with Gasteiger partial charge in [0, 0.05) is 5.02 Å². The fourth-order valence-electron chi connectivity index (χ4n) is 2.65. The first kappa shape index (κ1) is 19.3. The molecule has 0 aliphatic rings. The van der Waals surface area contributed by atoms with E-state index in [1.807, 2.05) is 12.1 Å². The average Bonchev–Trinajstić information content (AvgIpc) is 3.46. The second-order valence-electron chi connectivity index (χ2n) is 6.27. The van der Waals surface area contributed by atoms with Gasteiger partial charge in [0.2, 0.25) is 5.95 Å².